The molecule has 1 aliphatic carbocycles. The van der Waals surface area contributed by atoms with Gasteiger partial charge < -0.3 is 5.32 Å². The number of alkyl halides is 1. The highest BCUT2D eigenvalue weighted by Crippen LogP contribution is 2.16. The summed E-state index contributed by atoms with van der Waals surface area (Å²) >= 11 is 0. The van der Waals surface area contributed by atoms with Crippen molar-refractivity contribution >= 4 is 0 Å². The summed E-state index contributed by atoms with van der Waals surface area (Å²) in [6.45, 7) is 0.681. The van der Waals surface area contributed by atoms with Gasteiger partial charge in [0.1, 0.15) is 0 Å². The third-order valence-electron chi connectivity index (χ3n) is 2.60. The van der Waals surface area contributed by atoms with Gasteiger partial charge in [-0.15, -0.1) is 0 Å². The molecule has 1 nitrogen and oxygen atoms in total. The lowest BCUT2D eigenvalue weighted by Gasteiger charge is -2.15. The third kappa shape index (κ3) is 4.05. The quantitative estimate of drug-likeness (QED) is 0.509. The zero-order valence-corrected chi connectivity index (χ0v) is 7.82. The van der Waals surface area contributed by atoms with Crippen molar-refractivity contribution in [2.45, 2.75) is 51.0 Å². The zero-order valence-electron chi connectivity index (χ0n) is 7.82. The van der Waals surface area contributed by atoms with Gasteiger partial charge in [0.15, 0.2) is 0 Å². The minimum atomic E-state index is -0.181. The number of hydrogen-bond acceptors (Lipinski definition) is 1. The SMILES string of the molecule is FCCCNC1CCCCCC1. The number of rotatable bonds is 4. The lowest BCUT2D eigenvalue weighted by molar-refractivity contribution is 0.415. The van der Waals surface area contributed by atoms with E-state index >= 15 is 0 Å². The van der Waals surface area contributed by atoms with Crippen molar-refractivity contribution in [3.8, 4) is 0 Å². The summed E-state index contributed by atoms with van der Waals surface area (Å²) in [5.74, 6) is 0. The molecule has 0 atom stereocenters. The molecule has 2 heteroatoms. The maximum Gasteiger partial charge on any atom is 0.0906 e. The van der Waals surface area contributed by atoms with E-state index in [2.05, 4.69) is 5.32 Å². The van der Waals surface area contributed by atoms with Crippen LogP contribution in [0, 0.1) is 0 Å². The molecule has 0 aromatic rings. The van der Waals surface area contributed by atoms with Gasteiger partial charge in [0.25, 0.3) is 0 Å². The van der Waals surface area contributed by atoms with E-state index in [-0.39, 0.29) is 6.67 Å². The fourth-order valence-corrected chi connectivity index (χ4v) is 1.86. The smallest absolute Gasteiger partial charge is 0.0906 e. The Labute approximate surface area is 74.7 Å². The van der Waals surface area contributed by atoms with Crippen molar-refractivity contribution < 1.29 is 4.39 Å². The van der Waals surface area contributed by atoms with Gasteiger partial charge in [-0.05, 0) is 25.8 Å². The second-order valence-corrected chi connectivity index (χ2v) is 3.69. The molecule has 72 valence electrons. The van der Waals surface area contributed by atoms with E-state index in [9.17, 15) is 4.39 Å². The molecule has 0 unspecified atom stereocenters. The summed E-state index contributed by atoms with van der Waals surface area (Å²) in [4.78, 5) is 0. The van der Waals surface area contributed by atoms with E-state index in [0.29, 0.717) is 12.5 Å². The molecule has 0 radical (unpaired) electrons. The van der Waals surface area contributed by atoms with E-state index < -0.39 is 0 Å². The Hall–Kier alpha value is -0.110. The van der Waals surface area contributed by atoms with Crippen LogP contribution in [0.3, 0.4) is 0 Å². The van der Waals surface area contributed by atoms with Crippen molar-refractivity contribution in [2.75, 3.05) is 13.2 Å². The summed E-state index contributed by atoms with van der Waals surface area (Å²) in [6.07, 6.45) is 8.76. The van der Waals surface area contributed by atoms with Gasteiger partial charge in [0.05, 0.1) is 6.67 Å². The van der Waals surface area contributed by atoms with Crippen LogP contribution < -0.4 is 5.32 Å². The number of hydrogen-bond donors (Lipinski definition) is 1. The van der Waals surface area contributed by atoms with E-state index in [1.54, 1.807) is 0 Å². The van der Waals surface area contributed by atoms with Crippen LogP contribution in [0.15, 0.2) is 0 Å². The Morgan fingerprint density at radius 1 is 1.08 bits per heavy atom. The highest BCUT2D eigenvalue weighted by atomic mass is 19.1. The predicted octanol–water partition coefficient (Wildman–Crippen LogP) is 2.66. The standard InChI is InChI=1S/C10H20FN/c11-8-5-9-12-10-6-3-1-2-4-7-10/h10,12H,1-9H2. The molecule has 1 rings (SSSR count). The lowest BCUT2D eigenvalue weighted by Crippen LogP contribution is -2.29. The molecule has 1 aliphatic rings. The van der Waals surface area contributed by atoms with E-state index in [4.69, 9.17) is 0 Å². The summed E-state index contributed by atoms with van der Waals surface area (Å²) in [5.41, 5.74) is 0. The largest absolute Gasteiger partial charge is 0.314 e. The number of nitrogens with one attached hydrogen (secondary N) is 1. The average Bonchev–Trinajstić information content (AvgIpc) is 2.33. The first kappa shape index (κ1) is 9.97. The lowest BCUT2D eigenvalue weighted by atomic mass is 10.1. The molecule has 1 N–H and O–H groups in total. The van der Waals surface area contributed by atoms with Crippen molar-refractivity contribution in [2.24, 2.45) is 0 Å². The fourth-order valence-electron chi connectivity index (χ4n) is 1.86. The molecule has 0 aromatic carbocycles. The Bertz CT molecular complexity index is 98.0. The van der Waals surface area contributed by atoms with Crippen LogP contribution in [0.4, 0.5) is 4.39 Å². The highest BCUT2D eigenvalue weighted by Gasteiger charge is 2.10. The van der Waals surface area contributed by atoms with Crippen LogP contribution in [-0.4, -0.2) is 19.3 Å². The normalized spacial score (nSPS) is 20.8. The van der Waals surface area contributed by atoms with Crippen molar-refractivity contribution in [3.63, 3.8) is 0 Å². The molecule has 0 aliphatic heterocycles. The van der Waals surface area contributed by atoms with Gasteiger partial charge in [-0.3, -0.25) is 4.39 Å². The Balaban J connectivity index is 2.04. The summed E-state index contributed by atoms with van der Waals surface area (Å²) in [7, 11) is 0. The second-order valence-electron chi connectivity index (χ2n) is 3.69. The zero-order chi connectivity index (χ0) is 8.65. The minimum Gasteiger partial charge on any atom is -0.314 e. The molecule has 12 heavy (non-hydrogen) atoms. The summed E-state index contributed by atoms with van der Waals surface area (Å²) < 4.78 is 11.8. The summed E-state index contributed by atoms with van der Waals surface area (Å²) in [5, 5.41) is 3.42. The Morgan fingerprint density at radius 3 is 2.33 bits per heavy atom. The molecule has 0 amide bonds. The van der Waals surface area contributed by atoms with E-state index in [1.165, 1.54) is 38.5 Å². The fraction of sp³-hybridized carbons (Fsp3) is 1.00. The van der Waals surface area contributed by atoms with Crippen LogP contribution >= 0.6 is 0 Å². The molecule has 0 heterocycles. The summed E-state index contributed by atoms with van der Waals surface area (Å²) in [6, 6.07) is 0.680. The van der Waals surface area contributed by atoms with Crippen LogP contribution in [0.1, 0.15) is 44.9 Å². The van der Waals surface area contributed by atoms with Crippen molar-refractivity contribution in [1.82, 2.24) is 5.32 Å². The predicted molar refractivity (Wildman–Crippen MR) is 50.1 cm³/mol. The molecule has 0 spiro atoms. The van der Waals surface area contributed by atoms with Crippen molar-refractivity contribution in [3.05, 3.63) is 0 Å². The van der Waals surface area contributed by atoms with Crippen LogP contribution in [0.5, 0.6) is 0 Å². The van der Waals surface area contributed by atoms with Gasteiger partial charge in [-0.2, -0.15) is 0 Å². The minimum absolute atomic E-state index is 0.181. The molecule has 0 bridgehead atoms. The average molecular weight is 173 g/mol. The first-order valence-corrected chi connectivity index (χ1v) is 5.23. The Kier molecular flexibility index (Phi) is 5.33. The second kappa shape index (κ2) is 6.41. The maximum atomic E-state index is 11.8. The third-order valence-corrected chi connectivity index (χ3v) is 2.60. The van der Waals surface area contributed by atoms with Gasteiger partial charge in [-0.1, -0.05) is 25.7 Å². The van der Waals surface area contributed by atoms with Gasteiger partial charge in [0, 0.05) is 6.04 Å². The van der Waals surface area contributed by atoms with Crippen LogP contribution in [0.25, 0.3) is 0 Å². The topological polar surface area (TPSA) is 12.0 Å². The monoisotopic (exact) mass is 173 g/mol. The van der Waals surface area contributed by atoms with Gasteiger partial charge >= 0.3 is 0 Å². The maximum absolute atomic E-state index is 11.8. The molecular formula is C10H20FN. The van der Waals surface area contributed by atoms with Gasteiger partial charge in [0.2, 0.25) is 0 Å². The van der Waals surface area contributed by atoms with E-state index in [0.717, 1.165) is 6.54 Å². The first-order valence-electron chi connectivity index (χ1n) is 5.23. The van der Waals surface area contributed by atoms with Gasteiger partial charge in [-0.25, -0.2) is 0 Å². The Morgan fingerprint density at radius 2 is 1.75 bits per heavy atom. The molecular weight excluding hydrogens is 153 g/mol. The molecule has 0 saturated heterocycles. The van der Waals surface area contributed by atoms with Crippen LogP contribution in [0.2, 0.25) is 0 Å². The van der Waals surface area contributed by atoms with Crippen LogP contribution in [-0.2, 0) is 0 Å². The van der Waals surface area contributed by atoms with E-state index in [1.807, 2.05) is 0 Å². The first-order chi connectivity index (χ1) is 5.93. The van der Waals surface area contributed by atoms with Crippen molar-refractivity contribution in [1.29, 1.82) is 0 Å². The highest BCUT2D eigenvalue weighted by molar-refractivity contribution is 4.70. The molecule has 0 aromatic heterocycles. The molecule has 1 fully saturated rings. The number of halogens is 1. The molecule has 1 saturated carbocycles.